The highest BCUT2D eigenvalue weighted by atomic mass is 32.2. The lowest BCUT2D eigenvalue weighted by atomic mass is 10.0. The molecule has 1 heterocycles. The molecule has 1 aliphatic rings. The summed E-state index contributed by atoms with van der Waals surface area (Å²) >= 11 is 0. The molecule has 2 rings (SSSR count). The molecule has 0 radical (unpaired) electrons. The van der Waals surface area contributed by atoms with Crippen molar-refractivity contribution >= 4 is 15.7 Å². The highest BCUT2D eigenvalue weighted by Gasteiger charge is 2.31. The Kier molecular flexibility index (Phi) is 4.48. The molecule has 1 saturated heterocycles. The molecule has 1 aliphatic heterocycles. The number of halogens is 3. The summed E-state index contributed by atoms with van der Waals surface area (Å²) in [7, 11) is -3.25. The monoisotopic (exact) mass is 322 g/mol. The zero-order valence-corrected chi connectivity index (χ0v) is 12.3. The smallest absolute Gasteiger partial charge is 0.371 e. The molecule has 0 spiro atoms. The fourth-order valence-electron chi connectivity index (χ4n) is 2.44. The van der Waals surface area contributed by atoms with Crippen LogP contribution < -0.4 is 9.62 Å². The van der Waals surface area contributed by atoms with E-state index in [9.17, 15) is 21.6 Å². The minimum Gasteiger partial charge on any atom is -0.371 e. The van der Waals surface area contributed by atoms with Gasteiger partial charge in [-0.05, 0) is 31.0 Å². The molecule has 1 N–H and O–H groups in total. The Hall–Kier alpha value is -1.28. The van der Waals surface area contributed by atoms with Crippen LogP contribution in [0.4, 0.5) is 18.9 Å². The van der Waals surface area contributed by atoms with Crippen molar-refractivity contribution < 1.29 is 21.6 Å². The number of piperidine rings is 1. The Morgan fingerprint density at radius 1 is 1.24 bits per heavy atom. The zero-order chi connectivity index (χ0) is 15.7. The van der Waals surface area contributed by atoms with Crippen LogP contribution in [0.5, 0.6) is 0 Å². The van der Waals surface area contributed by atoms with Gasteiger partial charge in [-0.25, -0.2) is 13.1 Å². The van der Waals surface area contributed by atoms with Gasteiger partial charge in [-0.1, -0.05) is 6.07 Å². The van der Waals surface area contributed by atoms with Gasteiger partial charge in [0.05, 0.1) is 11.8 Å². The first-order valence-corrected chi connectivity index (χ1v) is 8.44. The largest absolute Gasteiger partial charge is 0.416 e. The van der Waals surface area contributed by atoms with E-state index in [0.29, 0.717) is 31.6 Å². The first-order chi connectivity index (χ1) is 9.65. The third-order valence-corrected chi connectivity index (χ3v) is 4.18. The third kappa shape index (κ3) is 4.60. The lowest BCUT2D eigenvalue weighted by molar-refractivity contribution is -0.137. The molecule has 0 aromatic heterocycles. The summed E-state index contributed by atoms with van der Waals surface area (Å²) in [5.41, 5.74) is -0.154. The Labute approximate surface area is 122 Å². The van der Waals surface area contributed by atoms with Crippen molar-refractivity contribution in [2.45, 2.75) is 25.1 Å². The summed E-state index contributed by atoms with van der Waals surface area (Å²) in [6, 6.07) is 5.05. The second-order valence-corrected chi connectivity index (χ2v) is 6.98. The molecule has 0 aliphatic carbocycles. The van der Waals surface area contributed by atoms with Crippen molar-refractivity contribution in [1.82, 2.24) is 4.72 Å². The summed E-state index contributed by atoms with van der Waals surface area (Å²) in [5.74, 6) is 0. The zero-order valence-electron chi connectivity index (χ0n) is 11.5. The summed E-state index contributed by atoms with van der Waals surface area (Å²) in [6.07, 6.45) is -2.11. The second-order valence-electron chi connectivity index (χ2n) is 5.20. The summed E-state index contributed by atoms with van der Waals surface area (Å²) in [6.45, 7) is 1.04. The summed E-state index contributed by atoms with van der Waals surface area (Å²) in [5, 5.41) is 0. The predicted octanol–water partition coefficient (Wildman–Crippen LogP) is 2.22. The quantitative estimate of drug-likeness (QED) is 0.928. The molecule has 0 amide bonds. The fourth-order valence-corrected chi connectivity index (χ4v) is 3.28. The van der Waals surface area contributed by atoms with Gasteiger partial charge in [0.15, 0.2) is 0 Å². The third-order valence-electron chi connectivity index (χ3n) is 3.41. The lowest BCUT2D eigenvalue weighted by Crippen LogP contribution is -2.44. The maximum Gasteiger partial charge on any atom is 0.416 e. The number of hydrogen-bond acceptors (Lipinski definition) is 3. The van der Waals surface area contributed by atoms with E-state index in [1.807, 2.05) is 4.90 Å². The molecule has 118 valence electrons. The van der Waals surface area contributed by atoms with Gasteiger partial charge in [0.1, 0.15) is 0 Å². The van der Waals surface area contributed by atoms with E-state index < -0.39 is 21.8 Å². The van der Waals surface area contributed by atoms with Crippen LogP contribution in [0, 0.1) is 0 Å². The molecule has 0 atom stereocenters. The topological polar surface area (TPSA) is 49.4 Å². The van der Waals surface area contributed by atoms with Crippen molar-refractivity contribution in [2.75, 3.05) is 24.2 Å². The number of benzene rings is 1. The average Bonchev–Trinajstić information content (AvgIpc) is 2.37. The summed E-state index contributed by atoms with van der Waals surface area (Å²) in [4.78, 5) is 1.84. The van der Waals surface area contributed by atoms with Crippen LogP contribution >= 0.6 is 0 Å². The predicted molar refractivity (Wildman–Crippen MR) is 74.7 cm³/mol. The average molecular weight is 322 g/mol. The lowest BCUT2D eigenvalue weighted by Gasteiger charge is -2.33. The van der Waals surface area contributed by atoms with Gasteiger partial charge >= 0.3 is 6.18 Å². The summed E-state index contributed by atoms with van der Waals surface area (Å²) < 4.78 is 62.9. The Morgan fingerprint density at radius 2 is 1.86 bits per heavy atom. The molecular weight excluding hydrogens is 305 g/mol. The van der Waals surface area contributed by atoms with Gasteiger partial charge in [-0.15, -0.1) is 0 Å². The maximum atomic E-state index is 12.7. The standard InChI is InChI=1S/C13H17F3N2O2S/c1-21(19,20)17-11-5-7-18(8-6-11)12-4-2-3-10(9-12)13(14,15)16/h2-4,9,11,17H,5-8H2,1H3. The molecule has 0 bridgehead atoms. The first-order valence-electron chi connectivity index (χ1n) is 6.55. The fraction of sp³-hybridized carbons (Fsp3) is 0.538. The van der Waals surface area contributed by atoms with E-state index in [2.05, 4.69) is 4.72 Å². The Morgan fingerprint density at radius 3 is 2.38 bits per heavy atom. The number of hydrogen-bond donors (Lipinski definition) is 1. The molecule has 1 aromatic rings. The molecule has 1 fully saturated rings. The number of nitrogens with one attached hydrogen (secondary N) is 1. The van der Waals surface area contributed by atoms with Crippen LogP contribution in [-0.4, -0.2) is 33.8 Å². The number of nitrogens with zero attached hydrogens (tertiary/aromatic N) is 1. The van der Waals surface area contributed by atoms with E-state index in [1.165, 1.54) is 6.07 Å². The SMILES string of the molecule is CS(=O)(=O)NC1CCN(c2cccc(C(F)(F)F)c2)CC1. The van der Waals surface area contributed by atoms with Crippen molar-refractivity contribution in [1.29, 1.82) is 0 Å². The van der Waals surface area contributed by atoms with E-state index in [-0.39, 0.29) is 6.04 Å². The van der Waals surface area contributed by atoms with Crippen LogP contribution in [0.3, 0.4) is 0 Å². The van der Waals surface area contributed by atoms with Crippen molar-refractivity contribution in [3.05, 3.63) is 29.8 Å². The van der Waals surface area contributed by atoms with E-state index >= 15 is 0 Å². The Balaban J connectivity index is 2.03. The Bertz CT molecular complexity index is 594. The van der Waals surface area contributed by atoms with Gasteiger partial charge in [-0.3, -0.25) is 0 Å². The highest BCUT2D eigenvalue weighted by Crippen LogP contribution is 2.32. The van der Waals surface area contributed by atoms with Gasteiger partial charge in [-0.2, -0.15) is 13.2 Å². The maximum absolute atomic E-state index is 12.7. The van der Waals surface area contributed by atoms with Crippen LogP contribution in [-0.2, 0) is 16.2 Å². The van der Waals surface area contributed by atoms with Crippen molar-refractivity contribution in [3.63, 3.8) is 0 Å². The molecule has 21 heavy (non-hydrogen) atoms. The van der Waals surface area contributed by atoms with Crippen molar-refractivity contribution in [3.8, 4) is 0 Å². The van der Waals surface area contributed by atoms with E-state index in [1.54, 1.807) is 6.07 Å². The van der Waals surface area contributed by atoms with Crippen LogP contribution in [0.25, 0.3) is 0 Å². The normalized spacial score (nSPS) is 18.0. The van der Waals surface area contributed by atoms with Gasteiger partial charge in [0, 0.05) is 24.8 Å². The number of sulfonamides is 1. The van der Waals surface area contributed by atoms with Crippen molar-refractivity contribution in [2.24, 2.45) is 0 Å². The second kappa shape index (κ2) is 5.84. The molecule has 8 heteroatoms. The molecule has 0 saturated carbocycles. The number of alkyl halides is 3. The van der Waals surface area contributed by atoms with Crippen LogP contribution in [0.2, 0.25) is 0 Å². The van der Waals surface area contributed by atoms with Gasteiger partial charge in [0.2, 0.25) is 10.0 Å². The van der Waals surface area contributed by atoms with Gasteiger partial charge < -0.3 is 4.90 Å². The minimum atomic E-state index is -4.35. The molecule has 1 aromatic carbocycles. The van der Waals surface area contributed by atoms with E-state index in [4.69, 9.17) is 0 Å². The molecule has 4 nitrogen and oxygen atoms in total. The number of anilines is 1. The molecule has 0 unspecified atom stereocenters. The minimum absolute atomic E-state index is 0.151. The van der Waals surface area contributed by atoms with Gasteiger partial charge in [0.25, 0.3) is 0 Å². The van der Waals surface area contributed by atoms with E-state index in [0.717, 1.165) is 18.4 Å². The van der Waals surface area contributed by atoms with Crippen LogP contribution in [0.1, 0.15) is 18.4 Å². The van der Waals surface area contributed by atoms with Crippen LogP contribution in [0.15, 0.2) is 24.3 Å². The first kappa shape index (κ1) is 16.1. The highest BCUT2D eigenvalue weighted by molar-refractivity contribution is 7.88. The molecular formula is C13H17F3N2O2S. The number of rotatable bonds is 3.